The summed E-state index contributed by atoms with van der Waals surface area (Å²) in [5, 5.41) is 0. The van der Waals surface area contributed by atoms with Crippen LogP contribution in [0.25, 0.3) is 5.57 Å². The van der Waals surface area contributed by atoms with E-state index in [-0.39, 0.29) is 10.8 Å². The van der Waals surface area contributed by atoms with Gasteiger partial charge in [0.2, 0.25) is 0 Å². The van der Waals surface area contributed by atoms with Gasteiger partial charge in [-0.15, -0.1) is 0 Å². The predicted molar refractivity (Wildman–Crippen MR) is 101 cm³/mol. The molecule has 2 aromatic rings. The second-order valence-electron chi connectivity index (χ2n) is 8.63. The van der Waals surface area contributed by atoms with Crippen molar-refractivity contribution in [3.63, 3.8) is 0 Å². The Morgan fingerprint density at radius 2 is 1.26 bits per heavy atom. The van der Waals surface area contributed by atoms with Crippen molar-refractivity contribution in [2.75, 3.05) is 0 Å². The minimum Gasteiger partial charge on any atom is -0.0676 e. The molecule has 0 aliphatic heterocycles. The molecule has 119 valence electrons. The Balaban J connectivity index is 2.17. The Morgan fingerprint density at radius 3 is 1.83 bits per heavy atom. The van der Waals surface area contributed by atoms with E-state index >= 15 is 0 Å². The zero-order valence-electron chi connectivity index (χ0n) is 15.2. The average Bonchev–Trinajstić information content (AvgIpc) is 2.89. The number of hydrogen-bond acceptors (Lipinski definition) is 0. The maximum atomic E-state index is 2.38. The van der Waals surface area contributed by atoms with Crippen molar-refractivity contribution >= 4 is 5.57 Å². The smallest absolute Gasteiger partial charge is 0.0138 e. The molecule has 2 aromatic carbocycles. The van der Waals surface area contributed by atoms with Gasteiger partial charge in [0.15, 0.2) is 0 Å². The van der Waals surface area contributed by atoms with Crippen molar-refractivity contribution in [1.82, 2.24) is 0 Å². The Hall–Kier alpha value is -1.82. The fourth-order valence-corrected chi connectivity index (χ4v) is 3.05. The van der Waals surface area contributed by atoms with Crippen molar-refractivity contribution in [3.05, 3.63) is 82.8 Å². The van der Waals surface area contributed by atoms with Gasteiger partial charge in [0.1, 0.15) is 0 Å². The molecule has 3 rings (SSSR count). The Bertz CT molecular complexity index is 729. The zero-order chi connectivity index (χ0) is 16.8. The highest BCUT2D eigenvalue weighted by molar-refractivity contribution is 5.87. The molecule has 0 saturated heterocycles. The highest BCUT2D eigenvalue weighted by Gasteiger charge is 2.23. The Kier molecular flexibility index (Phi) is 3.75. The minimum absolute atomic E-state index is 0.151. The second-order valence-corrected chi connectivity index (χ2v) is 8.63. The van der Waals surface area contributed by atoms with Gasteiger partial charge in [-0.3, -0.25) is 0 Å². The summed E-state index contributed by atoms with van der Waals surface area (Å²) in [5.41, 5.74) is 8.46. The molecule has 0 aromatic heterocycles. The third-order valence-corrected chi connectivity index (χ3v) is 4.66. The maximum absolute atomic E-state index is 2.38. The number of hydrogen-bond donors (Lipinski definition) is 0. The summed E-state index contributed by atoms with van der Waals surface area (Å²) in [6.07, 6.45) is 4.49. The summed E-state index contributed by atoms with van der Waals surface area (Å²) in [4.78, 5) is 0. The highest BCUT2D eigenvalue weighted by atomic mass is 14.3. The van der Waals surface area contributed by atoms with E-state index in [0.717, 1.165) is 0 Å². The first-order chi connectivity index (χ1) is 10.7. The van der Waals surface area contributed by atoms with Crippen molar-refractivity contribution in [3.8, 4) is 0 Å². The summed E-state index contributed by atoms with van der Waals surface area (Å²) >= 11 is 0. The fourth-order valence-electron chi connectivity index (χ4n) is 3.05. The average molecular weight is 303 g/mol. The topological polar surface area (TPSA) is 0 Å². The van der Waals surface area contributed by atoms with Crippen LogP contribution in [0.3, 0.4) is 0 Å². The molecule has 1 aliphatic carbocycles. The lowest BCUT2D eigenvalue weighted by Crippen LogP contribution is -2.17. The molecule has 0 N–H and O–H groups in total. The van der Waals surface area contributed by atoms with Gasteiger partial charge in [-0.05, 0) is 44.2 Å². The van der Waals surface area contributed by atoms with E-state index in [1.165, 1.54) is 33.4 Å². The van der Waals surface area contributed by atoms with E-state index in [4.69, 9.17) is 0 Å². The summed E-state index contributed by atoms with van der Waals surface area (Å²) in [7, 11) is 0. The lowest BCUT2D eigenvalue weighted by atomic mass is 9.78. The molecule has 0 spiro atoms. The van der Waals surface area contributed by atoms with Gasteiger partial charge in [0.05, 0.1) is 0 Å². The van der Waals surface area contributed by atoms with Crippen LogP contribution in [0, 0.1) is 6.42 Å². The third-order valence-electron chi connectivity index (χ3n) is 4.66. The van der Waals surface area contributed by atoms with Gasteiger partial charge in [-0.2, -0.15) is 0 Å². The number of allylic oxidation sites excluding steroid dienone is 1. The maximum Gasteiger partial charge on any atom is 0.0138 e. The van der Waals surface area contributed by atoms with Gasteiger partial charge in [-0.25, -0.2) is 0 Å². The van der Waals surface area contributed by atoms with Crippen molar-refractivity contribution in [1.29, 1.82) is 0 Å². The van der Waals surface area contributed by atoms with E-state index in [1.54, 1.807) is 0 Å². The lowest BCUT2D eigenvalue weighted by Gasteiger charge is -2.26. The van der Waals surface area contributed by atoms with Crippen LogP contribution in [0.1, 0.15) is 69.4 Å². The summed E-state index contributed by atoms with van der Waals surface area (Å²) < 4.78 is 0. The van der Waals surface area contributed by atoms with E-state index in [0.29, 0.717) is 0 Å². The zero-order valence-corrected chi connectivity index (χ0v) is 15.2. The van der Waals surface area contributed by atoms with Gasteiger partial charge < -0.3 is 0 Å². The molecule has 0 unspecified atom stereocenters. The van der Waals surface area contributed by atoms with Gasteiger partial charge in [0, 0.05) is 6.42 Å². The van der Waals surface area contributed by atoms with Crippen LogP contribution in [0.5, 0.6) is 0 Å². The van der Waals surface area contributed by atoms with E-state index < -0.39 is 0 Å². The van der Waals surface area contributed by atoms with Crippen LogP contribution in [-0.4, -0.2) is 0 Å². The summed E-state index contributed by atoms with van der Waals surface area (Å²) in [6.45, 7) is 13.8. The minimum atomic E-state index is 0.151. The molecule has 1 radical (unpaired) electrons. The van der Waals surface area contributed by atoms with E-state index in [1.807, 2.05) is 0 Å². The molecule has 0 atom stereocenters. The van der Waals surface area contributed by atoms with Gasteiger partial charge >= 0.3 is 0 Å². The molecule has 23 heavy (non-hydrogen) atoms. The lowest BCUT2D eigenvalue weighted by molar-refractivity contribution is 0.568. The normalized spacial score (nSPS) is 14.6. The van der Waals surface area contributed by atoms with Crippen LogP contribution < -0.4 is 0 Å². The quantitative estimate of drug-likeness (QED) is 0.581. The molecule has 0 bridgehead atoms. The summed E-state index contributed by atoms with van der Waals surface area (Å²) in [6, 6.07) is 15.8. The van der Waals surface area contributed by atoms with E-state index in [2.05, 4.69) is 96.5 Å². The Morgan fingerprint density at radius 1 is 0.696 bits per heavy atom. The molecule has 0 heteroatoms. The summed E-state index contributed by atoms with van der Waals surface area (Å²) in [5.74, 6) is 0. The van der Waals surface area contributed by atoms with Crippen molar-refractivity contribution in [2.45, 2.75) is 52.4 Å². The first-order valence-electron chi connectivity index (χ1n) is 8.47. The van der Waals surface area contributed by atoms with Crippen molar-refractivity contribution < 1.29 is 0 Å². The van der Waals surface area contributed by atoms with Crippen LogP contribution in [0.15, 0.2) is 48.5 Å². The third kappa shape index (κ3) is 3.13. The molecule has 1 aliphatic rings. The highest BCUT2D eigenvalue weighted by Crippen LogP contribution is 2.38. The first-order valence-corrected chi connectivity index (χ1v) is 8.47. The monoisotopic (exact) mass is 303 g/mol. The van der Waals surface area contributed by atoms with Gasteiger partial charge in [-0.1, -0.05) is 90.1 Å². The molecular weight excluding hydrogens is 276 g/mol. The molecule has 0 amide bonds. The largest absolute Gasteiger partial charge is 0.0676 e. The van der Waals surface area contributed by atoms with E-state index in [9.17, 15) is 0 Å². The van der Waals surface area contributed by atoms with Gasteiger partial charge in [0.25, 0.3) is 0 Å². The fraction of sp³-hybridized carbons (Fsp3) is 0.348. The van der Waals surface area contributed by atoms with Crippen LogP contribution in [0.2, 0.25) is 0 Å². The van der Waals surface area contributed by atoms with Crippen LogP contribution in [0.4, 0.5) is 0 Å². The number of rotatable bonds is 1. The molecule has 0 nitrogen and oxygen atoms in total. The number of benzene rings is 2. The Labute approximate surface area is 141 Å². The standard InChI is InChI=1S/C23H27/c1-22(2,3)18-13-17(14-19(15-18)23(4,5)6)21-12-11-16-9-7-8-10-20(16)21/h7-15H,1-6H3. The van der Waals surface area contributed by atoms with Crippen LogP contribution >= 0.6 is 0 Å². The second kappa shape index (κ2) is 5.37. The van der Waals surface area contributed by atoms with Crippen LogP contribution in [-0.2, 0) is 10.8 Å². The molecule has 0 saturated carbocycles. The molecule has 0 fully saturated rings. The SMILES string of the molecule is CC(C)(C)c1cc(C2=C[CH]c3ccccc32)cc(C(C)(C)C)c1. The molecule has 0 heterocycles. The first kappa shape index (κ1) is 16.1. The predicted octanol–water partition coefficient (Wildman–Crippen LogP) is 6.28. The van der Waals surface area contributed by atoms with Crippen molar-refractivity contribution in [2.24, 2.45) is 0 Å². The number of fused-ring (bicyclic) bond motifs is 1. The molecular formula is C23H27.